The van der Waals surface area contributed by atoms with Crippen LogP contribution in [0.3, 0.4) is 0 Å². The molecule has 8 heteroatoms. The number of piperidine rings is 1. The number of carbonyl (C=O) groups is 2. The number of likely N-dealkylation sites (tertiary alicyclic amines) is 2. The quantitative estimate of drug-likeness (QED) is 0.869. The summed E-state index contributed by atoms with van der Waals surface area (Å²) in [7, 11) is 1.86. The highest BCUT2D eigenvalue weighted by Gasteiger charge is 2.36. The molecule has 1 atom stereocenters. The highest BCUT2D eigenvalue weighted by Crippen LogP contribution is 2.30. The summed E-state index contributed by atoms with van der Waals surface area (Å²) in [6.07, 6.45) is 4.11. The molecule has 0 radical (unpaired) electrons. The number of hydrogen-bond donors (Lipinski definition) is 1. The molecule has 2 aromatic rings. The molecule has 2 amide bonds. The Bertz CT molecular complexity index is 872. The van der Waals surface area contributed by atoms with Crippen LogP contribution in [0.1, 0.15) is 47.3 Å². The molecule has 8 nitrogen and oxygen atoms in total. The first-order chi connectivity index (χ1) is 13.5. The molecule has 0 aliphatic carbocycles. The van der Waals surface area contributed by atoms with Gasteiger partial charge in [-0.3, -0.25) is 14.5 Å². The van der Waals surface area contributed by atoms with Crippen LogP contribution in [0, 0.1) is 6.92 Å². The normalized spacial score (nSPS) is 21.3. The molecule has 0 aromatic carbocycles. The fourth-order valence-electron chi connectivity index (χ4n) is 3.97. The first kappa shape index (κ1) is 18.6. The number of aromatic nitrogens is 2. The van der Waals surface area contributed by atoms with Crippen LogP contribution >= 0.6 is 0 Å². The third-order valence-electron chi connectivity index (χ3n) is 5.60. The van der Waals surface area contributed by atoms with Crippen molar-refractivity contribution >= 4 is 17.6 Å². The molecular formula is C20H25N5O3. The predicted molar refractivity (Wildman–Crippen MR) is 103 cm³/mol. The van der Waals surface area contributed by atoms with Crippen molar-refractivity contribution in [2.75, 3.05) is 32.0 Å². The van der Waals surface area contributed by atoms with Crippen molar-refractivity contribution in [1.82, 2.24) is 19.8 Å². The second-order valence-electron chi connectivity index (χ2n) is 7.56. The van der Waals surface area contributed by atoms with E-state index in [1.807, 2.05) is 26.1 Å². The van der Waals surface area contributed by atoms with Crippen LogP contribution in [0.2, 0.25) is 0 Å². The van der Waals surface area contributed by atoms with Crippen LogP contribution in [0.15, 0.2) is 28.8 Å². The molecule has 28 heavy (non-hydrogen) atoms. The molecule has 1 N–H and O–H groups in total. The van der Waals surface area contributed by atoms with E-state index in [0.29, 0.717) is 11.7 Å². The van der Waals surface area contributed by atoms with Gasteiger partial charge in [0.1, 0.15) is 5.82 Å². The summed E-state index contributed by atoms with van der Waals surface area (Å²) in [5.41, 5.74) is 0.828. The van der Waals surface area contributed by atoms with Crippen LogP contribution in [0.25, 0.3) is 0 Å². The Labute approximate surface area is 163 Å². The molecule has 2 saturated heterocycles. The van der Waals surface area contributed by atoms with E-state index in [4.69, 9.17) is 4.42 Å². The fraction of sp³-hybridized carbons (Fsp3) is 0.500. The average molecular weight is 383 g/mol. The van der Waals surface area contributed by atoms with Gasteiger partial charge < -0.3 is 14.6 Å². The zero-order valence-electron chi connectivity index (χ0n) is 16.2. The fourth-order valence-corrected chi connectivity index (χ4v) is 3.97. The van der Waals surface area contributed by atoms with E-state index < -0.39 is 0 Å². The zero-order chi connectivity index (χ0) is 19.7. The number of hydrogen-bond acceptors (Lipinski definition) is 6. The summed E-state index contributed by atoms with van der Waals surface area (Å²) in [6, 6.07) is 5.45. The molecule has 2 aliphatic rings. The van der Waals surface area contributed by atoms with Crippen molar-refractivity contribution in [1.29, 1.82) is 0 Å². The number of aryl methyl sites for hydroxylation is 1. The number of nitrogens with zero attached hydrogens (tertiary/aromatic N) is 4. The number of rotatable bonds is 4. The lowest BCUT2D eigenvalue weighted by molar-refractivity contribution is -0.131. The minimum atomic E-state index is -0.353. The number of nitrogens with one attached hydrogen (secondary N) is 1. The first-order valence-electron chi connectivity index (χ1n) is 9.71. The summed E-state index contributed by atoms with van der Waals surface area (Å²) in [5.74, 6) is 1.31. The number of carbonyl (C=O) groups excluding carboxylic acids is 2. The summed E-state index contributed by atoms with van der Waals surface area (Å²) in [4.78, 5) is 37.2. The average Bonchev–Trinajstić information content (AvgIpc) is 3.30. The number of anilines is 1. The number of oxazole rings is 1. The summed E-state index contributed by atoms with van der Waals surface area (Å²) >= 11 is 0. The third-order valence-corrected chi connectivity index (χ3v) is 5.60. The van der Waals surface area contributed by atoms with Gasteiger partial charge in [0.25, 0.3) is 5.91 Å². The number of likely N-dealkylation sites (N-methyl/N-ethyl adjacent to an activating group) is 1. The number of pyridine rings is 1. The van der Waals surface area contributed by atoms with Crippen molar-refractivity contribution in [3.63, 3.8) is 0 Å². The molecule has 4 rings (SSSR count). The van der Waals surface area contributed by atoms with Crippen LogP contribution in [-0.2, 0) is 4.79 Å². The van der Waals surface area contributed by atoms with E-state index in [2.05, 4.69) is 20.2 Å². The lowest BCUT2D eigenvalue weighted by Gasteiger charge is -2.33. The first-order valence-corrected chi connectivity index (χ1v) is 9.71. The highest BCUT2D eigenvalue weighted by molar-refractivity contribution is 6.01. The Morgan fingerprint density at radius 1 is 1.21 bits per heavy atom. The summed E-state index contributed by atoms with van der Waals surface area (Å²) < 4.78 is 5.74. The standard InChI is InChI=1S/C20H25N5O3/c1-13-4-3-5-17(22-13)23-18(26)16-12-21-19(28-16)14-6-10-25(11-7-14)15-8-9-24(2)20(15)27/h3-5,12,14-15H,6-11H2,1-2H3,(H,22,23,26). The minimum absolute atomic E-state index is 0.0127. The van der Waals surface area contributed by atoms with E-state index in [0.717, 1.165) is 44.6 Å². The van der Waals surface area contributed by atoms with Crippen molar-refractivity contribution < 1.29 is 14.0 Å². The van der Waals surface area contributed by atoms with Gasteiger partial charge in [0.15, 0.2) is 5.89 Å². The van der Waals surface area contributed by atoms with Gasteiger partial charge in [0.2, 0.25) is 11.7 Å². The Morgan fingerprint density at radius 3 is 2.68 bits per heavy atom. The Morgan fingerprint density at radius 2 is 2.00 bits per heavy atom. The van der Waals surface area contributed by atoms with E-state index in [1.54, 1.807) is 11.0 Å². The Balaban J connectivity index is 1.35. The maximum atomic E-state index is 12.4. The monoisotopic (exact) mass is 383 g/mol. The van der Waals surface area contributed by atoms with Crippen LogP contribution in [0.4, 0.5) is 5.82 Å². The Kier molecular flexibility index (Phi) is 5.13. The van der Waals surface area contributed by atoms with E-state index in [9.17, 15) is 9.59 Å². The smallest absolute Gasteiger partial charge is 0.294 e. The SMILES string of the molecule is Cc1cccc(NC(=O)c2cnc(C3CCN(C4CCN(C)C4=O)CC3)o2)n1. The third kappa shape index (κ3) is 3.77. The zero-order valence-corrected chi connectivity index (χ0v) is 16.2. The second kappa shape index (κ2) is 7.71. The number of amides is 2. The lowest BCUT2D eigenvalue weighted by Crippen LogP contribution is -2.45. The predicted octanol–water partition coefficient (Wildman–Crippen LogP) is 2.04. The van der Waals surface area contributed by atoms with Gasteiger partial charge in [-0.15, -0.1) is 0 Å². The highest BCUT2D eigenvalue weighted by atomic mass is 16.4. The lowest BCUT2D eigenvalue weighted by atomic mass is 9.95. The molecule has 2 aromatic heterocycles. The topological polar surface area (TPSA) is 91.6 Å². The molecule has 0 spiro atoms. The Hall–Kier alpha value is -2.74. The maximum Gasteiger partial charge on any atom is 0.294 e. The van der Waals surface area contributed by atoms with Gasteiger partial charge in [0, 0.05) is 25.2 Å². The van der Waals surface area contributed by atoms with Gasteiger partial charge >= 0.3 is 0 Å². The van der Waals surface area contributed by atoms with Crippen molar-refractivity contribution in [3.8, 4) is 0 Å². The molecular weight excluding hydrogens is 358 g/mol. The maximum absolute atomic E-state index is 12.4. The molecule has 1 unspecified atom stereocenters. The van der Waals surface area contributed by atoms with E-state index in [-0.39, 0.29) is 29.5 Å². The van der Waals surface area contributed by atoms with Crippen molar-refractivity contribution in [3.05, 3.63) is 41.7 Å². The molecule has 4 heterocycles. The van der Waals surface area contributed by atoms with Crippen LogP contribution in [0.5, 0.6) is 0 Å². The molecule has 2 aliphatic heterocycles. The van der Waals surface area contributed by atoms with Gasteiger partial charge in [-0.05, 0) is 51.4 Å². The molecule has 2 fully saturated rings. The molecule has 0 saturated carbocycles. The van der Waals surface area contributed by atoms with Crippen LogP contribution in [-0.4, -0.2) is 64.3 Å². The second-order valence-corrected chi connectivity index (χ2v) is 7.56. The van der Waals surface area contributed by atoms with Gasteiger partial charge in [-0.25, -0.2) is 9.97 Å². The van der Waals surface area contributed by atoms with Gasteiger partial charge in [-0.2, -0.15) is 0 Å². The van der Waals surface area contributed by atoms with Crippen molar-refractivity contribution in [2.45, 2.75) is 38.1 Å². The minimum Gasteiger partial charge on any atom is -0.435 e. The van der Waals surface area contributed by atoms with Gasteiger partial charge in [0.05, 0.1) is 12.2 Å². The van der Waals surface area contributed by atoms with E-state index >= 15 is 0 Å². The summed E-state index contributed by atoms with van der Waals surface area (Å²) in [6.45, 7) is 4.38. The van der Waals surface area contributed by atoms with E-state index in [1.165, 1.54) is 6.20 Å². The van der Waals surface area contributed by atoms with Crippen molar-refractivity contribution in [2.24, 2.45) is 0 Å². The molecule has 0 bridgehead atoms. The summed E-state index contributed by atoms with van der Waals surface area (Å²) in [5, 5.41) is 2.73. The van der Waals surface area contributed by atoms with Crippen LogP contribution < -0.4 is 5.32 Å². The van der Waals surface area contributed by atoms with Gasteiger partial charge in [-0.1, -0.05) is 6.07 Å². The largest absolute Gasteiger partial charge is 0.435 e. The molecule has 148 valence electrons.